The van der Waals surface area contributed by atoms with Crippen LogP contribution in [0.15, 0.2) is 42.5 Å². The maximum atomic E-state index is 12.5. The molecular formula is C16H17Cl2N5O. The average Bonchev–Trinajstić information content (AvgIpc) is 2.98. The monoisotopic (exact) mass is 365 g/mol. The fraction of sp³-hybridized carbons (Fsp3) is 0.188. The van der Waals surface area contributed by atoms with Gasteiger partial charge in [-0.1, -0.05) is 35.3 Å². The molecule has 1 amide bonds. The van der Waals surface area contributed by atoms with Crippen molar-refractivity contribution in [3.05, 3.63) is 58.1 Å². The minimum atomic E-state index is -0.554. The molecule has 5 N–H and O–H groups in total. The van der Waals surface area contributed by atoms with Crippen molar-refractivity contribution in [2.45, 2.75) is 19.1 Å². The number of nitrogens with one attached hydrogen (secondary N) is 5. The van der Waals surface area contributed by atoms with Crippen LogP contribution in [0.3, 0.4) is 0 Å². The summed E-state index contributed by atoms with van der Waals surface area (Å²) in [6, 6.07) is 12.2. The van der Waals surface area contributed by atoms with Gasteiger partial charge in [-0.25, -0.2) is 10.9 Å². The standard InChI is InChI=1S/C16H17Cl2N5O/c1-9-5-6-13(12(18)7-9)20-16(24)14-15(22-23-21-14)19-11-4-2-3-10(17)8-11/h2-8,14-15,19,21-23H,1H3,(H,20,24). The number of carbonyl (C=O) groups is 1. The zero-order valence-corrected chi connectivity index (χ0v) is 14.4. The lowest BCUT2D eigenvalue weighted by molar-refractivity contribution is -0.118. The molecule has 126 valence electrons. The molecule has 1 saturated heterocycles. The van der Waals surface area contributed by atoms with Gasteiger partial charge < -0.3 is 10.6 Å². The molecule has 0 saturated carbocycles. The molecule has 0 aromatic heterocycles. The second-order valence-electron chi connectivity index (χ2n) is 5.50. The van der Waals surface area contributed by atoms with Crippen molar-refractivity contribution >= 4 is 40.5 Å². The van der Waals surface area contributed by atoms with Gasteiger partial charge in [-0.05, 0) is 42.8 Å². The van der Waals surface area contributed by atoms with E-state index in [4.69, 9.17) is 23.2 Å². The summed E-state index contributed by atoms with van der Waals surface area (Å²) in [5, 5.41) is 7.15. The molecule has 1 aliphatic heterocycles. The van der Waals surface area contributed by atoms with E-state index in [1.54, 1.807) is 24.3 Å². The molecule has 24 heavy (non-hydrogen) atoms. The number of hydrazine groups is 2. The van der Waals surface area contributed by atoms with Crippen molar-refractivity contribution in [1.29, 1.82) is 0 Å². The molecule has 0 radical (unpaired) electrons. The lowest BCUT2D eigenvalue weighted by Crippen LogP contribution is -2.47. The van der Waals surface area contributed by atoms with E-state index < -0.39 is 6.04 Å². The van der Waals surface area contributed by atoms with Gasteiger partial charge in [0.25, 0.3) is 0 Å². The van der Waals surface area contributed by atoms with E-state index in [0.717, 1.165) is 11.3 Å². The summed E-state index contributed by atoms with van der Waals surface area (Å²) in [6.45, 7) is 1.94. The van der Waals surface area contributed by atoms with Crippen LogP contribution in [-0.2, 0) is 4.79 Å². The number of hydrogen-bond donors (Lipinski definition) is 5. The van der Waals surface area contributed by atoms with Crippen molar-refractivity contribution < 1.29 is 4.79 Å². The molecule has 8 heteroatoms. The Morgan fingerprint density at radius 2 is 1.96 bits per heavy atom. The molecule has 3 rings (SSSR count). The smallest absolute Gasteiger partial charge is 0.246 e. The third-order valence-electron chi connectivity index (χ3n) is 3.60. The molecule has 2 unspecified atom stereocenters. The Hall–Kier alpha value is -1.83. The molecular weight excluding hydrogens is 349 g/mol. The molecule has 0 spiro atoms. The van der Waals surface area contributed by atoms with Crippen LogP contribution in [0, 0.1) is 6.92 Å². The summed E-state index contributed by atoms with van der Waals surface area (Å²) in [6.07, 6.45) is -0.368. The van der Waals surface area contributed by atoms with Gasteiger partial charge in [0.15, 0.2) is 0 Å². The maximum absolute atomic E-state index is 12.5. The van der Waals surface area contributed by atoms with Gasteiger partial charge in [-0.3, -0.25) is 4.79 Å². The number of carbonyl (C=O) groups excluding carboxylic acids is 1. The molecule has 0 aliphatic carbocycles. The summed E-state index contributed by atoms with van der Waals surface area (Å²) in [5.74, 6) is -0.224. The van der Waals surface area contributed by atoms with E-state index in [9.17, 15) is 4.79 Å². The predicted molar refractivity (Wildman–Crippen MR) is 96.9 cm³/mol. The topological polar surface area (TPSA) is 77.2 Å². The minimum absolute atomic E-state index is 0.224. The summed E-state index contributed by atoms with van der Waals surface area (Å²) in [7, 11) is 0. The molecule has 1 heterocycles. The molecule has 2 aromatic carbocycles. The van der Waals surface area contributed by atoms with E-state index in [0.29, 0.717) is 15.7 Å². The molecule has 2 atom stereocenters. The third-order valence-corrected chi connectivity index (χ3v) is 4.15. The number of halogens is 2. The molecule has 0 bridgehead atoms. The first-order valence-corrected chi connectivity index (χ1v) is 8.14. The lowest BCUT2D eigenvalue weighted by atomic mass is 10.2. The van der Waals surface area contributed by atoms with Crippen molar-refractivity contribution in [2.24, 2.45) is 0 Å². The van der Waals surface area contributed by atoms with Gasteiger partial charge in [0.1, 0.15) is 12.2 Å². The molecule has 6 nitrogen and oxygen atoms in total. The van der Waals surface area contributed by atoms with E-state index >= 15 is 0 Å². The predicted octanol–water partition coefficient (Wildman–Crippen LogP) is 2.66. The van der Waals surface area contributed by atoms with Gasteiger partial charge in [0.05, 0.1) is 10.7 Å². The molecule has 2 aromatic rings. The Morgan fingerprint density at radius 1 is 1.12 bits per heavy atom. The lowest BCUT2D eigenvalue weighted by Gasteiger charge is -2.20. The number of aryl methyl sites for hydroxylation is 1. The zero-order valence-electron chi connectivity index (χ0n) is 12.9. The number of hydrogen-bond acceptors (Lipinski definition) is 5. The van der Waals surface area contributed by atoms with E-state index in [1.165, 1.54) is 0 Å². The third kappa shape index (κ3) is 3.98. The fourth-order valence-corrected chi connectivity index (χ4v) is 2.86. The van der Waals surface area contributed by atoms with Crippen molar-refractivity contribution in [3.8, 4) is 0 Å². The number of anilines is 2. The van der Waals surface area contributed by atoms with Gasteiger partial charge >= 0.3 is 0 Å². The Bertz CT molecular complexity index is 755. The minimum Gasteiger partial charge on any atom is -0.367 e. The van der Waals surface area contributed by atoms with Crippen LogP contribution >= 0.6 is 23.2 Å². The van der Waals surface area contributed by atoms with Crippen molar-refractivity contribution in [1.82, 2.24) is 16.4 Å². The zero-order chi connectivity index (χ0) is 17.1. The summed E-state index contributed by atoms with van der Waals surface area (Å²) in [5.41, 5.74) is 11.0. The van der Waals surface area contributed by atoms with Crippen LogP contribution in [0.2, 0.25) is 10.0 Å². The Balaban J connectivity index is 1.69. The van der Waals surface area contributed by atoms with Crippen LogP contribution in [0.25, 0.3) is 0 Å². The number of amides is 1. The van der Waals surface area contributed by atoms with Crippen LogP contribution in [0.5, 0.6) is 0 Å². The first-order chi connectivity index (χ1) is 11.5. The fourth-order valence-electron chi connectivity index (χ4n) is 2.39. The normalized spacial score (nSPS) is 20.0. The summed E-state index contributed by atoms with van der Waals surface area (Å²) >= 11 is 12.1. The van der Waals surface area contributed by atoms with E-state index in [-0.39, 0.29) is 12.1 Å². The first-order valence-electron chi connectivity index (χ1n) is 7.38. The second kappa shape index (κ2) is 7.38. The summed E-state index contributed by atoms with van der Waals surface area (Å²) in [4.78, 5) is 12.5. The maximum Gasteiger partial charge on any atom is 0.246 e. The van der Waals surface area contributed by atoms with Gasteiger partial charge in [0.2, 0.25) is 5.91 Å². The number of rotatable bonds is 4. The van der Waals surface area contributed by atoms with Crippen LogP contribution < -0.4 is 27.0 Å². The average molecular weight is 366 g/mol. The van der Waals surface area contributed by atoms with Crippen LogP contribution in [0.4, 0.5) is 11.4 Å². The highest BCUT2D eigenvalue weighted by molar-refractivity contribution is 6.33. The highest BCUT2D eigenvalue weighted by Gasteiger charge is 2.33. The Labute approximate surface area is 149 Å². The Kier molecular flexibility index (Phi) is 5.23. The summed E-state index contributed by atoms with van der Waals surface area (Å²) < 4.78 is 0. The highest BCUT2D eigenvalue weighted by Crippen LogP contribution is 2.23. The van der Waals surface area contributed by atoms with Gasteiger partial charge in [-0.15, -0.1) is 0 Å². The van der Waals surface area contributed by atoms with Gasteiger partial charge in [0, 0.05) is 10.7 Å². The highest BCUT2D eigenvalue weighted by atomic mass is 35.5. The Morgan fingerprint density at radius 3 is 2.71 bits per heavy atom. The first kappa shape index (κ1) is 17.0. The van der Waals surface area contributed by atoms with Crippen LogP contribution in [-0.4, -0.2) is 18.1 Å². The van der Waals surface area contributed by atoms with E-state index in [2.05, 4.69) is 27.0 Å². The van der Waals surface area contributed by atoms with E-state index in [1.807, 2.05) is 25.1 Å². The quantitative estimate of drug-likeness (QED) is 0.575. The second-order valence-corrected chi connectivity index (χ2v) is 6.34. The van der Waals surface area contributed by atoms with Crippen LogP contribution in [0.1, 0.15) is 5.56 Å². The SMILES string of the molecule is Cc1ccc(NC(=O)C2NNNC2Nc2cccc(Cl)c2)c(Cl)c1. The largest absolute Gasteiger partial charge is 0.367 e. The van der Waals surface area contributed by atoms with Crippen molar-refractivity contribution in [3.63, 3.8) is 0 Å². The molecule has 1 fully saturated rings. The molecule has 1 aliphatic rings. The van der Waals surface area contributed by atoms with Crippen molar-refractivity contribution in [2.75, 3.05) is 10.6 Å². The van der Waals surface area contributed by atoms with Gasteiger partial charge in [-0.2, -0.15) is 5.53 Å². The number of benzene rings is 2.